The van der Waals surface area contributed by atoms with Crippen LogP contribution in [0.5, 0.6) is 0 Å². The van der Waals surface area contributed by atoms with Crippen molar-refractivity contribution in [3.05, 3.63) is 71.8 Å². The molecule has 1 aliphatic heterocycles. The van der Waals surface area contributed by atoms with E-state index in [-0.39, 0.29) is 24.6 Å². The van der Waals surface area contributed by atoms with E-state index in [0.717, 1.165) is 30.4 Å². The van der Waals surface area contributed by atoms with Gasteiger partial charge in [0.25, 0.3) is 0 Å². The van der Waals surface area contributed by atoms with Crippen molar-refractivity contribution in [1.29, 1.82) is 0 Å². The Morgan fingerprint density at radius 2 is 1.63 bits per heavy atom. The van der Waals surface area contributed by atoms with Crippen LogP contribution in [0.4, 0.5) is 4.79 Å². The van der Waals surface area contributed by atoms with Crippen molar-refractivity contribution in [3.8, 4) is 0 Å². The molecule has 0 radical (unpaired) electrons. The minimum atomic E-state index is -0.317. The van der Waals surface area contributed by atoms with Gasteiger partial charge in [-0.1, -0.05) is 60.7 Å². The maximum Gasteiger partial charge on any atom is 0.410 e. The number of likely N-dealkylation sites (tertiary alicyclic amines) is 1. The van der Waals surface area contributed by atoms with Crippen molar-refractivity contribution >= 4 is 12.0 Å². The van der Waals surface area contributed by atoms with Crippen LogP contribution in [0.15, 0.2) is 60.7 Å². The van der Waals surface area contributed by atoms with Gasteiger partial charge in [-0.3, -0.25) is 4.79 Å². The van der Waals surface area contributed by atoms with Crippen LogP contribution < -0.4 is 5.32 Å². The van der Waals surface area contributed by atoms with E-state index < -0.39 is 0 Å². The van der Waals surface area contributed by atoms with Crippen LogP contribution in [0.2, 0.25) is 0 Å². The molecule has 2 aromatic rings. The monoisotopic (exact) mass is 366 g/mol. The van der Waals surface area contributed by atoms with Gasteiger partial charge in [0, 0.05) is 19.1 Å². The Balaban J connectivity index is 1.50. The highest BCUT2D eigenvalue weighted by Crippen LogP contribution is 2.13. The second-order valence-corrected chi connectivity index (χ2v) is 6.91. The van der Waals surface area contributed by atoms with Gasteiger partial charge in [0.05, 0.1) is 6.42 Å². The van der Waals surface area contributed by atoms with Crippen molar-refractivity contribution in [1.82, 2.24) is 10.2 Å². The first-order valence-electron chi connectivity index (χ1n) is 9.49. The second-order valence-electron chi connectivity index (χ2n) is 6.91. The van der Waals surface area contributed by atoms with Gasteiger partial charge < -0.3 is 15.0 Å². The zero-order valence-corrected chi connectivity index (χ0v) is 15.5. The third kappa shape index (κ3) is 6.13. The molecule has 142 valence electrons. The normalized spacial score (nSPS) is 17.0. The van der Waals surface area contributed by atoms with Crippen molar-refractivity contribution in [2.45, 2.75) is 38.3 Å². The van der Waals surface area contributed by atoms with Crippen LogP contribution in [0.3, 0.4) is 0 Å². The lowest BCUT2D eigenvalue weighted by Gasteiger charge is -2.24. The van der Waals surface area contributed by atoms with Gasteiger partial charge in [-0.25, -0.2) is 4.79 Å². The topological polar surface area (TPSA) is 58.6 Å². The second kappa shape index (κ2) is 9.76. The highest BCUT2D eigenvalue weighted by Gasteiger charge is 2.24. The summed E-state index contributed by atoms with van der Waals surface area (Å²) in [6, 6.07) is 19.3. The Kier molecular flexibility index (Phi) is 6.85. The molecular weight excluding hydrogens is 340 g/mol. The summed E-state index contributed by atoms with van der Waals surface area (Å²) in [6.07, 6.45) is 2.83. The number of carbonyl (C=O) groups is 2. The van der Waals surface area contributed by atoms with Crippen LogP contribution in [0.25, 0.3) is 0 Å². The van der Waals surface area contributed by atoms with Gasteiger partial charge in [0.2, 0.25) is 5.91 Å². The number of carbonyl (C=O) groups excluding carboxylic acids is 2. The summed E-state index contributed by atoms with van der Waals surface area (Å²) in [7, 11) is 0. The number of nitrogens with one attached hydrogen (secondary N) is 1. The van der Waals surface area contributed by atoms with Gasteiger partial charge >= 0.3 is 6.09 Å². The average molecular weight is 366 g/mol. The molecule has 1 fully saturated rings. The molecule has 5 heteroatoms. The van der Waals surface area contributed by atoms with Crippen molar-refractivity contribution in [2.24, 2.45) is 0 Å². The Hall–Kier alpha value is -2.82. The summed E-state index contributed by atoms with van der Waals surface area (Å²) in [6.45, 7) is 1.42. The van der Waals surface area contributed by atoms with E-state index in [1.165, 1.54) is 0 Å². The van der Waals surface area contributed by atoms with Gasteiger partial charge in [-0.05, 0) is 30.4 Å². The van der Waals surface area contributed by atoms with E-state index in [0.29, 0.717) is 19.5 Å². The van der Waals surface area contributed by atoms with E-state index in [1.54, 1.807) is 4.90 Å². The Labute approximate surface area is 160 Å². The minimum Gasteiger partial charge on any atom is -0.445 e. The maximum atomic E-state index is 12.4. The minimum absolute atomic E-state index is 0.00861. The zero-order valence-electron chi connectivity index (χ0n) is 15.5. The maximum absolute atomic E-state index is 12.4. The van der Waals surface area contributed by atoms with Crippen LogP contribution in [0.1, 0.15) is 30.4 Å². The lowest BCUT2D eigenvalue weighted by atomic mass is 10.1. The van der Waals surface area contributed by atoms with Gasteiger partial charge in [0.15, 0.2) is 0 Å². The van der Waals surface area contributed by atoms with E-state index in [2.05, 4.69) is 5.32 Å². The molecule has 0 bridgehead atoms. The van der Waals surface area contributed by atoms with Gasteiger partial charge in [0.1, 0.15) is 6.61 Å². The molecule has 1 saturated heterocycles. The molecule has 0 aliphatic carbocycles. The summed E-state index contributed by atoms with van der Waals surface area (Å²) < 4.78 is 5.45. The molecule has 1 heterocycles. The molecule has 2 aromatic carbocycles. The third-order valence-corrected chi connectivity index (χ3v) is 4.71. The number of ether oxygens (including phenoxy) is 1. The molecule has 1 aliphatic rings. The largest absolute Gasteiger partial charge is 0.445 e. The lowest BCUT2D eigenvalue weighted by Crippen LogP contribution is -2.45. The fourth-order valence-corrected chi connectivity index (χ4v) is 3.30. The number of rotatable bonds is 5. The van der Waals surface area contributed by atoms with E-state index in [1.807, 2.05) is 60.7 Å². The van der Waals surface area contributed by atoms with Crippen molar-refractivity contribution in [2.75, 3.05) is 13.1 Å². The predicted molar refractivity (Wildman–Crippen MR) is 104 cm³/mol. The Bertz CT molecular complexity index is 734. The van der Waals surface area contributed by atoms with E-state index in [9.17, 15) is 9.59 Å². The molecular formula is C22H26N2O3. The molecule has 0 aromatic heterocycles. The molecule has 1 atom stereocenters. The smallest absolute Gasteiger partial charge is 0.410 e. The molecule has 1 unspecified atom stereocenters. The molecule has 27 heavy (non-hydrogen) atoms. The molecule has 5 nitrogen and oxygen atoms in total. The third-order valence-electron chi connectivity index (χ3n) is 4.71. The summed E-state index contributed by atoms with van der Waals surface area (Å²) in [4.78, 5) is 26.5. The first-order valence-corrected chi connectivity index (χ1v) is 9.49. The standard InChI is InChI=1S/C22H26N2O3/c25-21(15-18-9-3-1-4-10-18)23-20-13-7-8-14-24(16-20)22(26)27-17-19-11-5-2-6-12-19/h1-6,9-12,20H,7-8,13-17H2,(H,23,25). The quantitative estimate of drug-likeness (QED) is 0.881. The number of hydrogen-bond acceptors (Lipinski definition) is 3. The highest BCUT2D eigenvalue weighted by molar-refractivity contribution is 5.79. The Morgan fingerprint density at radius 3 is 2.33 bits per heavy atom. The molecule has 3 rings (SSSR count). The van der Waals surface area contributed by atoms with Gasteiger partial charge in [-0.2, -0.15) is 0 Å². The van der Waals surface area contributed by atoms with E-state index >= 15 is 0 Å². The van der Waals surface area contributed by atoms with Crippen molar-refractivity contribution < 1.29 is 14.3 Å². The number of benzene rings is 2. The molecule has 0 spiro atoms. The predicted octanol–water partition coefficient (Wildman–Crippen LogP) is 3.54. The first kappa shape index (κ1) is 19.0. The summed E-state index contributed by atoms with van der Waals surface area (Å²) >= 11 is 0. The number of amides is 2. The first-order chi connectivity index (χ1) is 13.2. The number of hydrogen-bond donors (Lipinski definition) is 1. The van der Waals surface area contributed by atoms with Crippen LogP contribution in [-0.2, 0) is 22.6 Å². The van der Waals surface area contributed by atoms with Gasteiger partial charge in [-0.15, -0.1) is 0 Å². The van der Waals surface area contributed by atoms with Crippen LogP contribution in [-0.4, -0.2) is 36.0 Å². The zero-order chi connectivity index (χ0) is 18.9. The molecule has 2 amide bonds. The molecule has 1 N–H and O–H groups in total. The SMILES string of the molecule is O=C(Cc1ccccc1)NC1CCCCN(C(=O)OCc2ccccc2)C1. The van der Waals surface area contributed by atoms with Crippen LogP contribution >= 0.6 is 0 Å². The van der Waals surface area contributed by atoms with E-state index in [4.69, 9.17) is 4.74 Å². The van der Waals surface area contributed by atoms with Crippen molar-refractivity contribution in [3.63, 3.8) is 0 Å². The number of nitrogens with zero attached hydrogens (tertiary/aromatic N) is 1. The summed E-state index contributed by atoms with van der Waals surface area (Å²) in [5.41, 5.74) is 1.95. The average Bonchev–Trinajstić information content (AvgIpc) is 2.93. The highest BCUT2D eigenvalue weighted by atomic mass is 16.6. The summed E-state index contributed by atoms with van der Waals surface area (Å²) in [5.74, 6) is -0.00861. The fraction of sp³-hybridized carbons (Fsp3) is 0.364. The molecule has 0 saturated carbocycles. The summed E-state index contributed by atoms with van der Waals surface area (Å²) in [5, 5.41) is 3.08. The Morgan fingerprint density at radius 1 is 0.963 bits per heavy atom. The fourth-order valence-electron chi connectivity index (χ4n) is 3.30. The lowest BCUT2D eigenvalue weighted by molar-refractivity contribution is -0.121. The van der Waals surface area contributed by atoms with Crippen LogP contribution in [0, 0.1) is 0 Å².